The molecule has 1 heterocycles. The fraction of sp³-hybridized carbons (Fsp3) is 0.167. The number of carbonyl (C=O) groups is 2. The quantitative estimate of drug-likeness (QED) is 0.790. The Morgan fingerprint density at radius 3 is 2.76 bits per heavy atom. The molecule has 2 rings (SSSR count). The Kier molecular flexibility index (Phi) is 2.82. The van der Waals surface area contributed by atoms with E-state index in [0.717, 1.165) is 0 Å². The molecule has 2 aromatic rings. The molecule has 1 aromatic carbocycles. The summed E-state index contributed by atoms with van der Waals surface area (Å²) in [7, 11) is 0. The fourth-order valence-electron chi connectivity index (χ4n) is 1.58. The molecule has 17 heavy (non-hydrogen) atoms. The van der Waals surface area contributed by atoms with Crippen LogP contribution in [0.3, 0.4) is 0 Å². The highest BCUT2D eigenvalue weighted by molar-refractivity contribution is 5.97. The van der Waals surface area contributed by atoms with Gasteiger partial charge in [-0.1, -0.05) is 0 Å². The summed E-state index contributed by atoms with van der Waals surface area (Å²) in [6.45, 7) is 2.02. The van der Waals surface area contributed by atoms with Gasteiger partial charge in [0.05, 0.1) is 23.8 Å². The molecule has 0 amide bonds. The van der Waals surface area contributed by atoms with Crippen LogP contribution >= 0.6 is 0 Å². The Bertz CT molecular complexity index is 585. The summed E-state index contributed by atoms with van der Waals surface area (Å²) in [5.74, 6) is -1.70. The second-order valence-corrected chi connectivity index (χ2v) is 3.49. The largest absolute Gasteiger partial charge is 0.543 e. The van der Waals surface area contributed by atoms with E-state index in [0.29, 0.717) is 23.1 Å². The highest BCUT2D eigenvalue weighted by atomic mass is 16.5. The normalized spacial score (nSPS) is 10.4. The van der Waals surface area contributed by atoms with Crippen molar-refractivity contribution in [1.29, 1.82) is 0 Å². The Morgan fingerprint density at radius 2 is 2.12 bits per heavy atom. The number of hydrogen-bond acceptors (Lipinski definition) is 4. The van der Waals surface area contributed by atoms with Gasteiger partial charge in [-0.3, -0.25) is 0 Å². The van der Waals surface area contributed by atoms with Crippen LogP contribution in [0, 0.1) is 0 Å². The van der Waals surface area contributed by atoms with Crippen molar-refractivity contribution in [2.75, 3.05) is 6.61 Å². The molecule has 0 fully saturated rings. The number of rotatable bonds is 3. The third-order valence-corrected chi connectivity index (χ3v) is 2.35. The van der Waals surface area contributed by atoms with E-state index in [1.54, 1.807) is 25.1 Å². The van der Waals surface area contributed by atoms with Crippen molar-refractivity contribution in [1.82, 2.24) is 4.98 Å². The Hall–Kier alpha value is -2.30. The minimum Gasteiger partial charge on any atom is -0.543 e. The number of carboxylic acids is 1. The third-order valence-electron chi connectivity index (χ3n) is 2.35. The van der Waals surface area contributed by atoms with Crippen LogP contribution in [0.5, 0.6) is 0 Å². The monoisotopic (exact) mass is 232 g/mol. The van der Waals surface area contributed by atoms with E-state index in [1.807, 2.05) is 0 Å². The highest BCUT2D eigenvalue weighted by Crippen LogP contribution is 2.17. The van der Waals surface area contributed by atoms with E-state index in [4.69, 9.17) is 4.74 Å². The summed E-state index contributed by atoms with van der Waals surface area (Å²) in [5.41, 5.74) is 1.02. The van der Waals surface area contributed by atoms with Gasteiger partial charge in [0.15, 0.2) is 0 Å². The Balaban J connectivity index is 2.43. The van der Waals surface area contributed by atoms with Gasteiger partial charge in [-0.15, -0.1) is 0 Å². The maximum Gasteiger partial charge on any atom is 0.338 e. The number of aromatic carboxylic acids is 1. The van der Waals surface area contributed by atoms with Crippen molar-refractivity contribution >= 4 is 22.8 Å². The molecule has 0 aliphatic carbocycles. The molecule has 0 spiro atoms. The number of esters is 1. The molecule has 0 bridgehead atoms. The van der Waals surface area contributed by atoms with Crippen LogP contribution in [0.2, 0.25) is 0 Å². The standard InChI is InChI=1S/C12H11NO4/c1-2-17-12(16)7-3-4-9-8(5-7)6-10(13-9)11(14)15/h3-6,13H,2H2,1H3,(H,14,15)/p-1. The van der Waals surface area contributed by atoms with E-state index < -0.39 is 11.9 Å². The number of carbonyl (C=O) groups excluding carboxylic acids is 2. The molecular weight excluding hydrogens is 222 g/mol. The summed E-state index contributed by atoms with van der Waals surface area (Å²) in [5, 5.41) is 11.3. The van der Waals surface area contributed by atoms with Crippen molar-refractivity contribution < 1.29 is 19.4 Å². The van der Waals surface area contributed by atoms with Crippen LogP contribution in [0.4, 0.5) is 0 Å². The number of nitrogens with one attached hydrogen (secondary N) is 1. The molecule has 0 saturated heterocycles. The number of fused-ring (bicyclic) bond motifs is 1. The topological polar surface area (TPSA) is 82.2 Å². The number of carboxylic acid groups (broad SMARTS) is 1. The van der Waals surface area contributed by atoms with E-state index in [1.165, 1.54) is 6.07 Å². The minimum absolute atomic E-state index is 0.0130. The van der Waals surface area contributed by atoms with Crippen LogP contribution in [0.25, 0.3) is 10.9 Å². The average molecular weight is 232 g/mol. The third kappa shape index (κ3) is 2.13. The van der Waals surface area contributed by atoms with E-state index in [9.17, 15) is 14.7 Å². The molecule has 5 heteroatoms. The van der Waals surface area contributed by atoms with E-state index >= 15 is 0 Å². The van der Waals surface area contributed by atoms with Gasteiger partial charge in [-0.2, -0.15) is 0 Å². The van der Waals surface area contributed by atoms with Gasteiger partial charge in [0, 0.05) is 10.9 Å². The van der Waals surface area contributed by atoms with Gasteiger partial charge in [0.1, 0.15) is 0 Å². The summed E-state index contributed by atoms with van der Waals surface area (Å²) < 4.78 is 4.85. The average Bonchev–Trinajstić information content (AvgIpc) is 2.71. The molecule has 5 nitrogen and oxygen atoms in total. The van der Waals surface area contributed by atoms with Crippen LogP contribution in [0.15, 0.2) is 24.3 Å². The first-order chi connectivity index (χ1) is 8.11. The number of H-pyrrole nitrogens is 1. The maximum atomic E-state index is 11.5. The van der Waals surface area contributed by atoms with E-state index in [-0.39, 0.29) is 5.69 Å². The van der Waals surface area contributed by atoms with Crippen molar-refractivity contribution in [2.24, 2.45) is 0 Å². The lowest BCUT2D eigenvalue weighted by atomic mass is 10.1. The van der Waals surface area contributed by atoms with Crippen LogP contribution in [0.1, 0.15) is 27.8 Å². The number of ether oxygens (including phenoxy) is 1. The number of aromatic nitrogens is 1. The van der Waals surface area contributed by atoms with E-state index in [2.05, 4.69) is 4.98 Å². The van der Waals surface area contributed by atoms with Crippen molar-refractivity contribution in [3.63, 3.8) is 0 Å². The second kappa shape index (κ2) is 4.29. The maximum absolute atomic E-state index is 11.5. The van der Waals surface area contributed by atoms with Crippen LogP contribution in [-0.4, -0.2) is 23.5 Å². The summed E-state index contributed by atoms with van der Waals surface area (Å²) >= 11 is 0. The molecule has 1 N–H and O–H groups in total. The summed E-state index contributed by atoms with van der Waals surface area (Å²) in [6.07, 6.45) is 0. The zero-order valence-corrected chi connectivity index (χ0v) is 9.15. The smallest absolute Gasteiger partial charge is 0.338 e. The molecule has 0 atom stereocenters. The highest BCUT2D eigenvalue weighted by Gasteiger charge is 2.08. The van der Waals surface area contributed by atoms with Gasteiger partial charge < -0.3 is 19.6 Å². The first-order valence-electron chi connectivity index (χ1n) is 5.13. The van der Waals surface area contributed by atoms with Crippen molar-refractivity contribution in [3.05, 3.63) is 35.5 Å². The molecule has 1 aromatic heterocycles. The molecular formula is C12H10NO4-. The minimum atomic E-state index is -1.28. The molecule has 88 valence electrons. The summed E-state index contributed by atoms with van der Waals surface area (Å²) in [4.78, 5) is 24.8. The van der Waals surface area contributed by atoms with Gasteiger partial charge in [-0.05, 0) is 31.2 Å². The predicted octanol–water partition coefficient (Wildman–Crippen LogP) is 0.708. The second-order valence-electron chi connectivity index (χ2n) is 3.49. The van der Waals surface area contributed by atoms with Gasteiger partial charge >= 0.3 is 5.97 Å². The number of aromatic amines is 1. The lowest BCUT2D eigenvalue weighted by Crippen LogP contribution is -2.22. The SMILES string of the molecule is CCOC(=O)c1ccc2[nH]c(C(=O)[O-])cc2c1. The molecule has 0 saturated carbocycles. The Morgan fingerprint density at radius 1 is 1.35 bits per heavy atom. The summed E-state index contributed by atoms with van der Waals surface area (Å²) in [6, 6.07) is 6.22. The molecule has 0 radical (unpaired) electrons. The molecule has 0 unspecified atom stereocenters. The van der Waals surface area contributed by atoms with Crippen LogP contribution in [-0.2, 0) is 4.74 Å². The predicted molar refractivity (Wildman–Crippen MR) is 58.6 cm³/mol. The first-order valence-corrected chi connectivity index (χ1v) is 5.13. The zero-order valence-electron chi connectivity index (χ0n) is 9.15. The van der Waals surface area contributed by atoms with Crippen molar-refractivity contribution in [3.8, 4) is 0 Å². The number of benzene rings is 1. The zero-order chi connectivity index (χ0) is 12.4. The number of hydrogen-bond donors (Lipinski definition) is 1. The molecule has 0 aliphatic rings. The first kappa shape index (κ1) is 11.2. The lowest BCUT2D eigenvalue weighted by molar-refractivity contribution is -0.255. The van der Waals surface area contributed by atoms with Gasteiger partial charge in [0.25, 0.3) is 0 Å². The molecule has 0 aliphatic heterocycles. The fourth-order valence-corrected chi connectivity index (χ4v) is 1.58. The Labute approximate surface area is 97.0 Å². The van der Waals surface area contributed by atoms with Gasteiger partial charge in [0.2, 0.25) is 0 Å². The van der Waals surface area contributed by atoms with Crippen molar-refractivity contribution in [2.45, 2.75) is 6.92 Å². The van der Waals surface area contributed by atoms with Crippen LogP contribution < -0.4 is 5.11 Å². The van der Waals surface area contributed by atoms with Gasteiger partial charge in [-0.25, -0.2) is 4.79 Å². The lowest BCUT2D eigenvalue weighted by Gasteiger charge is -2.00.